The number of carbonyl (C=O) groups excluding carboxylic acids is 1. The van der Waals surface area contributed by atoms with Gasteiger partial charge in [-0.05, 0) is 46.7 Å². The molecule has 0 unspecified atom stereocenters. The van der Waals surface area contributed by atoms with E-state index in [1.807, 2.05) is 6.07 Å². The lowest BCUT2D eigenvalue weighted by molar-refractivity contribution is -0.116. The first-order valence-corrected chi connectivity index (χ1v) is 9.54. The summed E-state index contributed by atoms with van der Waals surface area (Å²) < 4.78 is 17.6. The molecule has 0 aromatic heterocycles. The van der Waals surface area contributed by atoms with Crippen LogP contribution in [0.3, 0.4) is 0 Å². The van der Waals surface area contributed by atoms with Gasteiger partial charge >= 0.3 is 0 Å². The van der Waals surface area contributed by atoms with Gasteiger partial charge in [-0.2, -0.15) is 5.26 Å². The molecule has 2 aliphatic rings. The number of allylic oxidation sites excluding steroid dienone is 3. The highest BCUT2D eigenvalue weighted by molar-refractivity contribution is 14.1. The first-order chi connectivity index (χ1) is 13.0. The SMILES string of the molecule is C=CCOc1c(I)cc([C@H]2C(C#N)=C(N)OC3=C2C(=O)CCC3)cc1OC. The van der Waals surface area contributed by atoms with Crippen molar-refractivity contribution in [1.29, 1.82) is 5.26 Å². The van der Waals surface area contributed by atoms with Gasteiger partial charge in [0, 0.05) is 18.4 Å². The maximum absolute atomic E-state index is 12.6. The van der Waals surface area contributed by atoms with Crippen LogP contribution in [0.15, 0.2) is 47.6 Å². The van der Waals surface area contributed by atoms with Crippen molar-refractivity contribution < 1.29 is 19.0 Å². The molecule has 0 saturated carbocycles. The predicted molar refractivity (Wildman–Crippen MR) is 108 cm³/mol. The highest BCUT2D eigenvalue weighted by atomic mass is 127. The van der Waals surface area contributed by atoms with Crippen molar-refractivity contribution in [2.75, 3.05) is 13.7 Å². The zero-order chi connectivity index (χ0) is 19.6. The van der Waals surface area contributed by atoms with Crippen LogP contribution in [-0.2, 0) is 9.53 Å². The van der Waals surface area contributed by atoms with E-state index < -0.39 is 5.92 Å². The smallest absolute Gasteiger partial charge is 0.205 e. The molecular formula is C20H19IN2O4. The van der Waals surface area contributed by atoms with Crippen molar-refractivity contribution in [2.45, 2.75) is 25.2 Å². The first kappa shape index (κ1) is 19.3. The van der Waals surface area contributed by atoms with Crippen molar-refractivity contribution in [3.8, 4) is 17.6 Å². The molecule has 140 valence electrons. The van der Waals surface area contributed by atoms with Gasteiger partial charge in [0.25, 0.3) is 0 Å². The molecule has 1 atom stereocenters. The third-order valence-electron chi connectivity index (χ3n) is 4.54. The highest BCUT2D eigenvalue weighted by Gasteiger charge is 2.38. The Balaban J connectivity index is 2.17. The minimum absolute atomic E-state index is 0.0116. The Labute approximate surface area is 171 Å². The van der Waals surface area contributed by atoms with Crippen molar-refractivity contribution in [3.63, 3.8) is 0 Å². The van der Waals surface area contributed by atoms with E-state index in [0.717, 1.165) is 15.6 Å². The second-order valence-corrected chi connectivity index (χ2v) is 7.33. The molecule has 0 spiro atoms. The summed E-state index contributed by atoms with van der Waals surface area (Å²) in [5.41, 5.74) is 7.49. The maximum atomic E-state index is 12.6. The van der Waals surface area contributed by atoms with Crippen LogP contribution in [0.2, 0.25) is 0 Å². The Hall–Kier alpha value is -2.47. The Morgan fingerprint density at radius 2 is 2.26 bits per heavy atom. The number of nitrogens with two attached hydrogens (primary N) is 1. The van der Waals surface area contributed by atoms with Crippen molar-refractivity contribution in [1.82, 2.24) is 0 Å². The van der Waals surface area contributed by atoms with Gasteiger partial charge in [0.1, 0.15) is 24.0 Å². The summed E-state index contributed by atoms with van der Waals surface area (Å²) in [6.45, 7) is 3.99. The van der Waals surface area contributed by atoms with Crippen LogP contribution in [0, 0.1) is 14.9 Å². The number of benzene rings is 1. The molecule has 1 heterocycles. The number of hydrogen-bond donors (Lipinski definition) is 1. The minimum atomic E-state index is -0.567. The Morgan fingerprint density at radius 1 is 1.48 bits per heavy atom. The summed E-state index contributed by atoms with van der Waals surface area (Å²) >= 11 is 2.15. The summed E-state index contributed by atoms with van der Waals surface area (Å²) in [4.78, 5) is 12.6. The number of nitriles is 1. The van der Waals surface area contributed by atoms with E-state index in [4.69, 9.17) is 19.9 Å². The normalized spacial score (nSPS) is 19.1. The Bertz CT molecular complexity index is 911. The van der Waals surface area contributed by atoms with Crippen molar-refractivity contribution >= 4 is 28.4 Å². The minimum Gasteiger partial charge on any atom is -0.493 e. The summed E-state index contributed by atoms with van der Waals surface area (Å²) in [5.74, 6) is 1.15. The molecule has 7 heteroatoms. The van der Waals surface area contributed by atoms with Gasteiger partial charge < -0.3 is 19.9 Å². The zero-order valence-corrected chi connectivity index (χ0v) is 17.0. The maximum Gasteiger partial charge on any atom is 0.205 e. The van der Waals surface area contributed by atoms with E-state index in [9.17, 15) is 10.1 Å². The molecule has 0 fully saturated rings. The molecule has 0 bridgehead atoms. The average molecular weight is 478 g/mol. The first-order valence-electron chi connectivity index (χ1n) is 8.46. The van der Waals surface area contributed by atoms with Crippen LogP contribution in [0.1, 0.15) is 30.7 Å². The number of Topliss-reactive ketones (excluding diaryl/α,β-unsaturated/α-hetero) is 1. The van der Waals surface area contributed by atoms with Crippen LogP contribution in [0.25, 0.3) is 0 Å². The zero-order valence-electron chi connectivity index (χ0n) is 14.9. The molecule has 6 nitrogen and oxygen atoms in total. The van der Waals surface area contributed by atoms with E-state index in [0.29, 0.717) is 42.3 Å². The number of methoxy groups -OCH3 is 1. The van der Waals surface area contributed by atoms with Crippen molar-refractivity contribution in [3.05, 3.63) is 56.7 Å². The van der Waals surface area contributed by atoms with Crippen LogP contribution < -0.4 is 15.2 Å². The number of carbonyl (C=O) groups is 1. The number of ether oxygens (including phenoxy) is 3. The average Bonchev–Trinajstić information content (AvgIpc) is 2.65. The van der Waals surface area contributed by atoms with Crippen LogP contribution in [-0.4, -0.2) is 19.5 Å². The van der Waals surface area contributed by atoms with Crippen LogP contribution in [0.4, 0.5) is 0 Å². The second kappa shape index (κ2) is 8.05. The highest BCUT2D eigenvalue weighted by Crippen LogP contribution is 2.46. The summed E-state index contributed by atoms with van der Waals surface area (Å²) in [7, 11) is 1.55. The topological polar surface area (TPSA) is 94.6 Å². The largest absolute Gasteiger partial charge is 0.493 e. The van der Waals surface area contributed by atoms with Gasteiger partial charge in [-0.3, -0.25) is 4.79 Å². The van der Waals surface area contributed by atoms with Crippen LogP contribution in [0.5, 0.6) is 11.5 Å². The van der Waals surface area contributed by atoms with Gasteiger partial charge in [0.15, 0.2) is 17.3 Å². The molecule has 27 heavy (non-hydrogen) atoms. The third kappa shape index (κ3) is 3.54. The van der Waals surface area contributed by atoms with Crippen molar-refractivity contribution in [2.24, 2.45) is 5.73 Å². The molecule has 1 aliphatic carbocycles. The standard InChI is InChI=1S/C20H19IN2O4/c1-3-7-26-19-13(21)8-11(9-16(19)25-2)17-12(10-22)20(23)27-15-6-4-5-14(24)18(15)17/h3,8-9,17H,1,4-7,23H2,2H3/t17-/m0/s1. The molecule has 2 N–H and O–H groups in total. The molecule has 3 rings (SSSR count). The monoisotopic (exact) mass is 478 g/mol. The Kier molecular flexibility index (Phi) is 5.75. The molecule has 0 amide bonds. The van der Waals surface area contributed by atoms with Gasteiger partial charge in [-0.15, -0.1) is 0 Å². The quantitative estimate of drug-likeness (QED) is 0.513. The van der Waals surface area contributed by atoms with E-state index in [-0.39, 0.29) is 17.2 Å². The predicted octanol–water partition coefficient (Wildman–Crippen LogP) is 3.68. The van der Waals surface area contributed by atoms with Gasteiger partial charge in [-0.25, -0.2) is 0 Å². The van der Waals surface area contributed by atoms with E-state index >= 15 is 0 Å². The lowest BCUT2D eigenvalue weighted by Crippen LogP contribution is -2.27. The second-order valence-electron chi connectivity index (χ2n) is 6.17. The van der Waals surface area contributed by atoms with Crippen LogP contribution >= 0.6 is 22.6 Å². The molecule has 0 saturated heterocycles. The van der Waals surface area contributed by atoms with Gasteiger partial charge in [0.05, 0.1) is 16.6 Å². The lowest BCUT2D eigenvalue weighted by Gasteiger charge is -2.31. The number of nitrogens with zero attached hydrogens (tertiary/aromatic N) is 1. The fourth-order valence-corrected chi connectivity index (χ4v) is 4.16. The lowest BCUT2D eigenvalue weighted by atomic mass is 9.77. The van der Waals surface area contributed by atoms with E-state index in [2.05, 4.69) is 35.2 Å². The number of rotatable bonds is 5. The van der Waals surface area contributed by atoms with E-state index in [1.54, 1.807) is 19.3 Å². The third-order valence-corrected chi connectivity index (χ3v) is 5.34. The summed E-state index contributed by atoms with van der Waals surface area (Å²) in [5, 5.41) is 9.67. The molecule has 1 aromatic carbocycles. The molecule has 0 radical (unpaired) electrons. The fraction of sp³-hybridized carbons (Fsp3) is 0.300. The molecular weight excluding hydrogens is 459 g/mol. The molecule has 1 aliphatic heterocycles. The molecule has 1 aromatic rings. The number of halogens is 1. The fourth-order valence-electron chi connectivity index (χ4n) is 3.38. The van der Waals surface area contributed by atoms with E-state index in [1.165, 1.54) is 0 Å². The number of ketones is 1. The Morgan fingerprint density at radius 3 is 2.93 bits per heavy atom. The number of hydrogen-bond acceptors (Lipinski definition) is 6. The summed E-state index contributed by atoms with van der Waals surface area (Å²) in [6, 6.07) is 5.79. The van der Waals surface area contributed by atoms with Gasteiger partial charge in [0.2, 0.25) is 5.88 Å². The summed E-state index contributed by atoms with van der Waals surface area (Å²) in [6.07, 6.45) is 3.43. The van der Waals surface area contributed by atoms with Gasteiger partial charge in [-0.1, -0.05) is 12.7 Å².